The molecule has 0 atom stereocenters. The maximum Gasteiger partial charge on any atom is 0.292 e. The number of carbonyl (C=O) groups is 2. The first-order valence-corrected chi connectivity index (χ1v) is 8.04. The molecule has 1 N–H and O–H groups in total. The zero-order valence-electron chi connectivity index (χ0n) is 12.4. The highest BCUT2D eigenvalue weighted by molar-refractivity contribution is 7.15. The van der Waals surface area contributed by atoms with Crippen LogP contribution in [0.25, 0.3) is 0 Å². The van der Waals surface area contributed by atoms with Gasteiger partial charge in [-0.3, -0.25) is 14.9 Å². The highest BCUT2D eigenvalue weighted by Crippen LogP contribution is 2.29. The number of thiazole rings is 1. The van der Waals surface area contributed by atoms with E-state index in [1.54, 1.807) is 17.0 Å². The van der Waals surface area contributed by atoms with Gasteiger partial charge in [0.05, 0.1) is 30.3 Å². The Morgan fingerprint density at radius 3 is 3.00 bits per heavy atom. The van der Waals surface area contributed by atoms with Crippen molar-refractivity contribution in [3.63, 3.8) is 0 Å². The molecule has 1 aliphatic rings. The quantitative estimate of drug-likeness (QED) is 0.781. The minimum atomic E-state index is -0.274. The summed E-state index contributed by atoms with van der Waals surface area (Å²) in [6, 6.07) is 3.13. The monoisotopic (exact) mass is 344 g/mol. The van der Waals surface area contributed by atoms with Gasteiger partial charge < -0.3 is 13.8 Å². The van der Waals surface area contributed by atoms with Gasteiger partial charge in [-0.2, -0.15) is 0 Å². The van der Waals surface area contributed by atoms with Gasteiger partial charge >= 0.3 is 0 Å². The van der Waals surface area contributed by atoms with Crippen molar-refractivity contribution in [2.45, 2.75) is 13.0 Å². The van der Waals surface area contributed by atoms with Crippen LogP contribution in [0.15, 0.2) is 39.8 Å². The minimum Gasteiger partial charge on any atom is -0.472 e. The Balaban J connectivity index is 1.48. The van der Waals surface area contributed by atoms with Crippen LogP contribution in [-0.2, 0) is 13.0 Å². The summed E-state index contributed by atoms with van der Waals surface area (Å²) in [5.41, 5.74) is 1.34. The fraction of sp³-hybridized carbons (Fsp3) is 0.200. The highest BCUT2D eigenvalue weighted by Gasteiger charge is 2.27. The van der Waals surface area contributed by atoms with Crippen LogP contribution in [0.5, 0.6) is 0 Å². The zero-order valence-corrected chi connectivity index (χ0v) is 13.2. The Morgan fingerprint density at radius 2 is 2.25 bits per heavy atom. The topological polar surface area (TPSA) is 101 Å². The lowest BCUT2D eigenvalue weighted by Crippen LogP contribution is -2.35. The van der Waals surface area contributed by atoms with E-state index in [0.29, 0.717) is 30.2 Å². The van der Waals surface area contributed by atoms with Gasteiger partial charge in [-0.05, 0) is 6.07 Å². The molecule has 9 heteroatoms. The maximum absolute atomic E-state index is 12.3. The van der Waals surface area contributed by atoms with E-state index in [-0.39, 0.29) is 17.6 Å². The Kier molecular flexibility index (Phi) is 3.62. The van der Waals surface area contributed by atoms with E-state index in [0.717, 1.165) is 10.6 Å². The largest absolute Gasteiger partial charge is 0.472 e. The first-order valence-electron chi connectivity index (χ1n) is 7.23. The Labute approximate surface area is 140 Å². The van der Waals surface area contributed by atoms with E-state index in [1.807, 2.05) is 0 Å². The van der Waals surface area contributed by atoms with E-state index >= 15 is 0 Å². The molecule has 2 amide bonds. The van der Waals surface area contributed by atoms with Crippen molar-refractivity contribution in [1.82, 2.24) is 15.0 Å². The molecule has 0 saturated heterocycles. The SMILES string of the molecule is O=C(Nc1nc2c(s1)CN(C(=O)c1ccno1)CC2)c1ccoc1. The average Bonchev–Trinajstić information content (AvgIpc) is 3.32. The summed E-state index contributed by atoms with van der Waals surface area (Å²) in [5, 5.41) is 6.82. The second kappa shape index (κ2) is 5.93. The molecule has 0 aliphatic carbocycles. The molecule has 3 aromatic heterocycles. The predicted molar refractivity (Wildman–Crippen MR) is 83.7 cm³/mol. The number of hydrogen-bond acceptors (Lipinski definition) is 7. The van der Waals surface area contributed by atoms with Gasteiger partial charge in [0, 0.05) is 23.9 Å². The third kappa shape index (κ3) is 2.69. The average molecular weight is 344 g/mol. The summed E-state index contributed by atoms with van der Waals surface area (Å²) in [7, 11) is 0. The summed E-state index contributed by atoms with van der Waals surface area (Å²) >= 11 is 1.37. The molecule has 4 rings (SSSR count). The van der Waals surface area contributed by atoms with Gasteiger partial charge in [-0.1, -0.05) is 16.5 Å². The van der Waals surface area contributed by atoms with Crippen LogP contribution in [0, 0.1) is 0 Å². The lowest BCUT2D eigenvalue weighted by molar-refractivity contribution is 0.0694. The van der Waals surface area contributed by atoms with Gasteiger partial charge in [0.25, 0.3) is 11.8 Å². The van der Waals surface area contributed by atoms with Gasteiger partial charge in [-0.25, -0.2) is 4.98 Å². The van der Waals surface area contributed by atoms with E-state index in [9.17, 15) is 9.59 Å². The molecule has 24 heavy (non-hydrogen) atoms. The summed E-state index contributed by atoms with van der Waals surface area (Å²) in [4.78, 5) is 31.4. The summed E-state index contributed by atoms with van der Waals surface area (Å²) in [6.45, 7) is 0.986. The number of nitrogens with zero attached hydrogens (tertiary/aromatic N) is 3. The highest BCUT2D eigenvalue weighted by atomic mass is 32.1. The van der Waals surface area contributed by atoms with Crippen LogP contribution in [0.3, 0.4) is 0 Å². The van der Waals surface area contributed by atoms with Crippen LogP contribution in [-0.4, -0.2) is 33.4 Å². The Morgan fingerprint density at radius 1 is 1.33 bits per heavy atom. The van der Waals surface area contributed by atoms with Crippen molar-refractivity contribution in [2.24, 2.45) is 0 Å². The van der Waals surface area contributed by atoms with Gasteiger partial charge in [0.2, 0.25) is 5.76 Å². The zero-order chi connectivity index (χ0) is 16.5. The first kappa shape index (κ1) is 14.6. The van der Waals surface area contributed by atoms with Crippen molar-refractivity contribution in [1.29, 1.82) is 0 Å². The minimum absolute atomic E-state index is 0.199. The van der Waals surface area contributed by atoms with Crippen molar-refractivity contribution in [2.75, 3.05) is 11.9 Å². The van der Waals surface area contributed by atoms with Gasteiger partial charge in [0.15, 0.2) is 5.13 Å². The molecule has 4 heterocycles. The molecule has 122 valence electrons. The van der Waals surface area contributed by atoms with Crippen LogP contribution in [0.2, 0.25) is 0 Å². The number of carbonyl (C=O) groups excluding carboxylic acids is 2. The van der Waals surface area contributed by atoms with Gasteiger partial charge in [-0.15, -0.1) is 0 Å². The molecule has 1 aliphatic heterocycles. The van der Waals surface area contributed by atoms with Gasteiger partial charge in [0.1, 0.15) is 6.26 Å². The fourth-order valence-corrected chi connectivity index (χ4v) is 3.49. The summed E-state index contributed by atoms with van der Waals surface area (Å²) in [6.07, 6.45) is 4.89. The van der Waals surface area contributed by atoms with E-state index in [4.69, 9.17) is 8.94 Å². The van der Waals surface area contributed by atoms with Crippen LogP contribution in [0.1, 0.15) is 31.5 Å². The fourth-order valence-electron chi connectivity index (χ4n) is 2.47. The number of furan rings is 1. The predicted octanol–water partition coefficient (Wildman–Crippen LogP) is 2.17. The molecule has 0 aromatic carbocycles. The summed E-state index contributed by atoms with van der Waals surface area (Å²) in [5.74, 6) is -0.253. The van der Waals surface area contributed by atoms with Crippen LogP contribution in [0.4, 0.5) is 5.13 Å². The van der Waals surface area contributed by atoms with Crippen LogP contribution < -0.4 is 5.32 Å². The number of nitrogens with one attached hydrogen (secondary N) is 1. The smallest absolute Gasteiger partial charge is 0.292 e. The standard InChI is InChI=1S/C15H12N4O4S/c20-13(9-3-6-22-8-9)18-15-17-10-2-5-19(7-12(10)24-15)14(21)11-1-4-16-23-11/h1,3-4,6,8H,2,5,7H2,(H,17,18,20). The molecule has 0 unspecified atom stereocenters. The second-order valence-electron chi connectivity index (χ2n) is 5.21. The van der Waals surface area contributed by atoms with E-state index in [1.165, 1.54) is 30.1 Å². The molecule has 0 saturated carbocycles. The van der Waals surface area contributed by atoms with E-state index in [2.05, 4.69) is 15.5 Å². The van der Waals surface area contributed by atoms with Crippen molar-refractivity contribution in [3.05, 3.63) is 52.8 Å². The number of hydrogen-bond donors (Lipinski definition) is 1. The Hall–Kier alpha value is -2.94. The van der Waals surface area contributed by atoms with Crippen molar-refractivity contribution in [3.8, 4) is 0 Å². The van der Waals surface area contributed by atoms with Crippen LogP contribution >= 0.6 is 11.3 Å². The number of aromatic nitrogens is 2. The molecular formula is C15H12N4O4S. The second-order valence-corrected chi connectivity index (χ2v) is 6.29. The third-order valence-electron chi connectivity index (χ3n) is 3.67. The lowest BCUT2D eigenvalue weighted by atomic mass is 10.1. The lowest BCUT2D eigenvalue weighted by Gasteiger charge is -2.24. The van der Waals surface area contributed by atoms with E-state index < -0.39 is 0 Å². The number of amides is 2. The number of anilines is 1. The summed E-state index contributed by atoms with van der Waals surface area (Å²) < 4.78 is 9.81. The molecule has 0 spiro atoms. The molecule has 0 radical (unpaired) electrons. The molecule has 0 fully saturated rings. The number of rotatable bonds is 3. The first-order chi connectivity index (χ1) is 11.7. The number of fused-ring (bicyclic) bond motifs is 1. The third-order valence-corrected chi connectivity index (χ3v) is 4.67. The van der Waals surface area contributed by atoms with Crippen molar-refractivity contribution >= 4 is 28.3 Å². The maximum atomic E-state index is 12.3. The normalized spacial score (nSPS) is 13.6. The molecular weight excluding hydrogens is 332 g/mol. The molecule has 0 bridgehead atoms. The Bertz CT molecular complexity index is 870. The molecule has 8 nitrogen and oxygen atoms in total. The molecule has 3 aromatic rings. The van der Waals surface area contributed by atoms with Crippen molar-refractivity contribution < 1.29 is 18.5 Å².